The zero-order valence-electron chi connectivity index (χ0n) is 22.3. The van der Waals surface area contributed by atoms with Crippen molar-refractivity contribution >= 4 is 34.9 Å². The van der Waals surface area contributed by atoms with E-state index < -0.39 is 17.5 Å². The number of piperidine rings is 1. The van der Waals surface area contributed by atoms with Crippen molar-refractivity contribution in [3.63, 3.8) is 0 Å². The molecule has 0 atom stereocenters. The molecule has 0 spiro atoms. The second-order valence-electron chi connectivity index (χ2n) is 10.4. The molecule has 3 aromatic rings. The van der Waals surface area contributed by atoms with E-state index in [1.165, 1.54) is 0 Å². The minimum absolute atomic E-state index is 0.00463. The second-order valence-corrected chi connectivity index (χ2v) is 10.4. The number of hydrogen-bond donors (Lipinski definition) is 3. The number of hydrogen-bond acceptors (Lipinski definition) is 8. The predicted octanol–water partition coefficient (Wildman–Crippen LogP) is 6.17. The molecule has 9 nitrogen and oxygen atoms in total. The van der Waals surface area contributed by atoms with Crippen molar-refractivity contribution in [3.8, 4) is 5.75 Å². The summed E-state index contributed by atoms with van der Waals surface area (Å²) in [7, 11) is 2.15. The van der Waals surface area contributed by atoms with E-state index in [-0.39, 0.29) is 11.8 Å². The third kappa shape index (κ3) is 8.31. The number of aromatic nitrogens is 2. The molecule has 1 amide bonds. The average molecular weight is 523 g/mol. The Morgan fingerprint density at radius 1 is 1.05 bits per heavy atom. The zero-order chi connectivity index (χ0) is 27.1. The third-order valence-corrected chi connectivity index (χ3v) is 5.95. The van der Waals surface area contributed by atoms with E-state index >= 15 is 0 Å². The Morgan fingerprint density at radius 3 is 2.47 bits per heavy atom. The number of carbonyl (C=O) groups excluding carboxylic acids is 1. The van der Waals surface area contributed by atoms with Crippen molar-refractivity contribution in [2.24, 2.45) is 5.92 Å². The lowest BCUT2D eigenvalue weighted by molar-refractivity contribution is 0.0636. The molecule has 0 unspecified atom stereocenters. The van der Waals surface area contributed by atoms with Crippen molar-refractivity contribution in [3.05, 3.63) is 60.5 Å². The van der Waals surface area contributed by atoms with Crippen molar-refractivity contribution in [2.75, 3.05) is 42.7 Å². The SMILES string of the molecule is CN1CCC(COc2ccc(Nc3ncc(F)c(Nc4cccc(NC(=O)OC(C)(C)C)c4)n3)cc2)CC1. The fourth-order valence-electron chi connectivity index (χ4n) is 3.95. The predicted molar refractivity (Wildman–Crippen MR) is 147 cm³/mol. The van der Waals surface area contributed by atoms with Gasteiger partial charge in [0.25, 0.3) is 0 Å². The molecule has 10 heteroatoms. The van der Waals surface area contributed by atoms with Gasteiger partial charge in [0.1, 0.15) is 11.4 Å². The van der Waals surface area contributed by atoms with E-state index in [9.17, 15) is 9.18 Å². The molecule has 2 heterocycles. The highest BCUT2D eigenvalue weighted by Gasteiger charge is 2.18. The van der Waals surface area contributed by atoms with Crippen LogP contribution in [0.3, 0.4) is 0 Å². The van der Waals surface area contributed by atoms with Crippen molar-refractivity contribution in [1.82, 2.24) is 14.9 Å². The Kier molecular flexibility index (Phi) is 8.62. The summed E-state index contributed by atoms with van der Waals surface area (Å²) in [6.45, 7) is 8.29. The average Bonchev–Trinajstić information content (AvgIpc) is 2.86. The first-order chi connectivity index (χ1) is 18.1. The fourth-order valence-corrected chi connectivity index (χ4v) is 3.95. The van der Waals surface area contributed by atoms with Crippen LogP contribution in [0.25, 0.3) is 0 Å². The van der Waals surface area contributed by atoms with E-state index in [0.717, 1.165) is 43.6 Å². The fraction of sp³-hybridized carbons (Fsp3) is 0.393. The molecule has 0 bridgehead atoms. The first-order valence-electron chi connectivity index (χ1n) is 12.7. The summed E-state index contributed by atoms with van der Waals surface area (Å²) in [4.78, 5) is 22.7. The number of likely N-dealkylation sites (tertiary alicyclic amines) is 1. The Hall–Kier alpha value is -3.92. The molecular weight excluding hydrogens is 487 g/mol. The van der Waals surface area contributed by atoms with Gasteiger partial charge < -0.3 is 25.0 Å². The van der Waals surface area contributed by atoms with Crippen LogP contribution in [0.4, 0.5) is 38.0 Å². The van der Waals surface area contributed by atoms with E-state index in [0.29, 0.717) is 23.9 Å². The molecule has 1 saturated heterocycles. The number of carbonyl (C=O) groups is 1. The third-order valence-electron chi connectivity index (χ3n) is 5.95. The number of amides is 1. The maximum Gasteiger partial charge on any atom is 0.412 e. The van der Waals surface area contributed by atoms with E-state index in [2.05, 4.69) is 37.9 Å². The Bertz CT molecular complexity index is 1220. The van der Waals surface area contributed by atoms with Crippen molar-refractivity contribution in [1.29, 1.82) is 0 Å². The van der Waals surface area contributed by atoms with Gasteiger partial charge in [0.2, 0.25) is 5.95 Å². The van der Waals surface area contributed by atoms with Crippen molar-refractivity contribution < 1.29 is 18.7 Å². The highest BCUT2D eigenvalue weighted by atomic mass is 19.1. The van der Waals surface area contributed by atoms with Crippen LogP contribution < -0.4 is 20.7 Å². The Labute approximate surface area is 222 Å². The van der Waals surface area contributed by atoms with Gasteiger partial charge in [0.05, 0.1) is 12.8 Å². The van der Waals surface area contributed by atoms with Gasteiger partial charge in [-0.2, -0.15) is 4.98 Å². The monoisotopic (exact) mass is 522 g/mol. The topological polar surface area (TPSA) is 101 Å². The van der Waals surface area contributed by atoms with Crippen LogP contribution in [0.15, 0.2) is 54.7 Å². The van der Waals surface area contributed by atoms with Gasteiger partial charge in [-0.3, -0.25) is 5.32 Å². The van der Waals surface area contributed by atoms with Crippen molar-refractivity contribution in [2.45, 2.75) is 39.2 Å². The number of nitrogens with zero attached hydrogens (tertiary/aromatic N) is 3. The maximum absolute atomic E-state index is 14.5. The highest BCUT2D eigenvalue weighted by molar-refractivity contribution is 5.85. The number of rotatable bonds is 8. The summed E-state index contributed by atoms with van der Waals surface area (Å²) in [5.74, 6) is 0.999. The van der Waals surface area contributed by atoms with Gasteiger partial charge in [-0.05, 0) is 102 Å². The molecule has 0 saturated carbocycles. The smallest absolute Gasteiger partial charge is 0.412 e. The number of benzene rings is 2. The van der Waals surface area contributed by atoms with Gasteiger partial charge in [-0.25, -0.2) is 14.2 Å². The molecule has 1 aromatic heterocycles. The van der Waals surface area contributed by atoms with Crippen LogP contribution in [0, 0.1) is 11.7 Å². The molecule has 3 N–H and O–H groups in total. The van der Waals surface area contributed by atoms with E-state index in [1.807, 2.05) is 24.3 Å². The zero-order valence-corrected chi connectivity index (χ0v) is 22.3. The Morgan fingerprint density at radius 2 is 1.76 bits per heavy atom. The number of anilines is 5. The van der Waals surface area contributed by atoms with Gasteiger partial charge in [-0.1, -0.05) is 6.07 Å². The standard InChI is InChI=1S/C28H35FN6O3/c1-28(2,3)38-27(36)33-22-7-5-6-21(16-22)31-25-24(29)17-30-26(34-25)32-20-8-10-23(11-9-20)37-18-19-12-14-35(4)15-13-19/h5-11,16-17,19H,12-15,18H2,1-4H3,(H,33,36)(H2,30,31,32,34). The highest BCUT2D eigenvalue weighted by Crippen LogP contribution is 2.25. The van der Waals surface area contributed by atoms with Crippen LogP contribution in [-0.4, -0.2) is 53.3 Å². The molecule has 1 aliphatic rings. The molecule has 38 heavy (non-hydrogen) atoms. The van der Waals surface area contributed by atoms with Crippen LogP contribution in [0.1, 0.15) is 33.6 Å². The number of ether oxygens (including phenoxy) is 2. The first kappa shape index (κ1) is 27.1. The lowest BCUT2D eigenvalue weighted by Crippen LogP contribution is -2.32. The van der Waals surface area contributed by atoms with Crippen LogP contribution in [0.2, 0.25) is 0 Å². The quantitative estimate of drug-likeness (QED) is 0.323. The normalized spacial score (nSPS) is 14.6. The van der Waals surface area contributed by atoms with Gasteiger partial charge in [0.15, 0.2) is 11.6 Å². The largest absolute Gasteiger partial charge is 0.493 e. The first-order valence-corrected chi connectivity index (χ1v) is 12.7. The molecule has 1 fully saturated rings. The summed E-state index contributed by atoms with van der Waals surface area (Å²) in [6, 6.07) is 14.3. The molecule has 1 aliphatic heterocycles. The summed E-state index contributed by atoms with van der Waals surface area (Å²) in [6.07, 6.45) is 2.82. The lowest BCUT2D eigenvalue weighted by atomic mass is 9.98. The van der Waals surface area contributed by atoms with Gasteiger partial charge >= 0.3 is 6.09 Å². The molecule has 2 aromatic carbocycles. The number of nitrogens with one attached hydrogen (secondary N) is 3. The Balaban J connectivity index is 1.34. The molecule has 4 rings (SSSR count). The summed E-state index contributed by atoms with van der Waals surface area (Å²) < 4.78 is 25.7. The molecular formula is C28H35FN6O3. The van der Waals surface area contributed by atoms with Crippen LogP contribution >= 0.6 is 0 Å². The lowest BCUT2D eigenvalue weighted by Gasteiger charge is -2.28. The minimum atomic E-state index is -0.618. The van der Waals surface area contributed by atoms with E-state index in [1.54, 1.807) is 45.0 Å². The maximum atomic E-state index is 14.5. The summed E-state index contributed by atoms with van der Waals surface area (Å²) in [5, 5.41) is 8.69. The molecule has 0 aliphatic carbocycles. The second kappa shape index (κ2) is 12.1. The van der Waals surface area contributed by atoms with Gasteiger partial charge in [-0.15, -0.1) is 0 Å². The van der Waals surface area contributed by atoms with E-state index in [4.69, 9.17) is 9.47 Å². The minimum Gasteiger partial charge on any atom is -0.493 e. The number of halogens is 1. The molecule has 0 radical (unpaired) electrons. The summed E-state index contributed by atoms with van der Waals surface area (Å²) >= 11 is 0. The summed E-state index contributed by atoms with van der Waals surface area (Å²) in [5.41, 5.74) is 1.16. The van der Waals surface area contributed by atoms with Crippen LogP contribution in [-0.2, 0) is 4.74 Å². The molecule has 202 valence electrons. The van der Waals surface area contributed by atoms with Crippen LogP contribution in [0.5, 0.6) is 5.75 Å². The van der Waals surface area contributed by atoms with Gasteiger partial charge in [0, 0.05) is 17.1 Å².